The fourth-order valence-electron chi connectivity index (χ4n) is 4.20. The third kappa shape index (κ3) is 2.80. The first-order chi connectivity index (χ1) is 14.1. The van der Waals surface area contributed by atoms with Crippen LogP contribution in [0.25, 0.3) is 11.4 Å². The average Bonchev–Trinajstić information content (AvgIpc) is 3.40. The number of fused-ring (bicyclic) bond motifs is 2. The first-order valence-electron chi connectivity index (χ1n) is 9.21. The Labute approximate surface area is 170 Å². The molecular formula is C19H16ClFN6O2. The molecule has 1 aliphatic carbocycles. The van der Waals surface area contributed by atoms with Crippen LogP contribution in [0.3, 0.4) is 0 Å². The van der Waals surface area contributed by atoms with Gasteiger partial charge in [0.2, 0.25) is 5.82 Å². The number of para-hydroxylation sites is 1. The molecule has 148 valence electrons. The highest BCUT2D eigenvalue weighted by molar-refractivity contribution is 6.37. The summed E-state index contributed by atoms with van der Waals surface area (Å²) in [4.78, 5) is 12.4. The Morgan fingerprint density at radius 1 is 1.17 bits per heavy atom. The van der Waals surface area contributed by atoms with Crippen molar-refractivity contribution in [2.45, 2.75) is 31.2 Å². The number of nitrogens with one attached hydrogen (secondary N) is 2. The van der Waals surface area contributed by atoms with Gasteiger partial charge in [0.15, 0.2) is 11.6 Å². The third-order valence-electron chi connectivity index (χ3n) is 5.44. The molecule has 29 heavy (non-hydrogen) atoms. The van der Waals surface area contributed by atoms with Gasteiger partial charge in [0.25, 0.3) is 0 Å². The summed E-state index contributed by atoms with van der Waals surface area (Å²) in [6.07, 6.45) is 3.44. The number of nitrogens with zero attached hydrogens (tertiary/aromatic N) is 4. The molecule has 2 amide bonds. The lowest BCUT2D eigenvalue weighted by Gasteiger charge is -2.40. The fourth-order valence-corrected chi connectivity index (χ4v) is 4.39. The minimum Gasteiger partial charge on any atom is -0.453 e. The minimum absolute atomic E-state index is 0.0199. The zero-order valence-corrected chi connectivity index (χ0v) is 15.9. The van der Waals surface area contributed by atoms with Crippen molar-refractivity contribution in [1.29, 1.82) is 0 Å². The van der Waals surface area contributed by atoms with E-state index in [0.717, 1.165) is 35.7 Å². The zero-order chi connectivity index (χ0) is 20.0. The Kier molecular flexibility index (Phi) is 4.13. The molecule has 1 fully saturated rings. The number of anilines is 1. The molecule has 8 nitrogen and oxygen atoms in total. The van der Waals surface area contributed by atoms with Crippen LogP contribution in [0.4, 0.5) is 14.9 Å². The molecule has 2 N–H and O–H groups in total. The predicted molar refractivity (Wildman–Crippen MR) is 103 cm³/mol. The van der Waals surface area contributed by atoms with Gasteiger partial charge in [-0.3, -0.25) is 0 Å². The topological polar surface area (TPSA) is 96.0 Å². The molecule has 1 aliphatic heterocycles. The maximum absolute atomic E-state index is 14.7. The van der Waals surface area contributed by atoms with Crippen LogP contribution >= 0.6 is 11.8 Å². The molecule has 3 aromatic rings. The Hall–Kier alpha value is -3.20. The van der Waals surface area contributed by atoms with Gasteiger partial charge in [-0.2, -0.15) is 5.21 Å². The van der Waals surface area contributed by atoms with Crippen LogP contribution < -0.4 is 14.5 Å². The molecule has 2 aromatic carbocycles. The van der Waals surface area contributed by atoms with E-state index in [2.05, 4.69) is 25.9 Å². The number of halogens is 2. The number of H-pyrrole nitrogens is 1. The van der Waals surface area contributed by atoms with E-state index in [1.54, 1.807) is 30.3 Å². The fraction of sp³-hybridized carbons (Fsp3) is 0.263. The molecule has 2 aliphatic rings. The molecule has 0 unspecified atom stereocenters. The van der Waals surface area contributed by atoms with E-state index in [9.17, 15) is 9.18 Å². The highest BCUT2D eigenvalue weighted by atomic mass is 35.5. The Balaban J connectivity index is 1.66. The van der Waals surface area contributed by atoms with E-state index in [1.165, 1.54) is 6.07 Å². The molecule has 0 atom stereocenters. The monoisotopic (exact) mass is 414 g/mol. The predicted octanol–water partition coefficient (Wildman–Crippen LogP) is 4.25. The number of hydrogen-bond acceptors (Lipinski definition) is 5. The molecular weight excluding hydrogens is 399 g/mol. The molecule has 1 aromatic heterocycles. The summed E-state index contributed by atoms with van der Waals surface area (Å²) < 4.78 is 21.9. The number of urea groups is 1. The number of rotatable bonds is 3. The Bertz CT molecular complexity index is 1080. The van der Waals surface area contributed by atoms with Crippen LogP contribution in [0, 0.1) is 5.82 Å². The molecule has 1 saturated carbocycles. The lowest BCUT2D eigenvalue weighted by Crippen LogP contribution is -2.52. The summed E-state index contributed by atoms with van der Waals surface area (Å²) >= 11 is 6.24. The highest BCUT2D eigenvalue weighted by Gasteiger charge is 2.46. The van der Waals surface area contributed by atoms with Crippen LogP contribution in [-0.4, -0.2) is 26.7 Å². The van der Waals surface area contributed by atoms with Crippen molar-refractivity contribution in [2.24, 2.45) is 0 Å². The van der Waals surface area contributed by atoms with Gasteiger partial charge in [-0.25, -0.2) is 13.6 Å². The van der Waals surface area contributed by atoms with Crippen LogP contribution in [0.1, 0.15) is 31.2 Å². The maximum atomic E-state index is 14.7. The van der Waals surface area contributed by atoms with Gasteiger partial charge in [-0.15, -0.1) is 10.2 Å². The Morgan fingerprint density at radius 2 is 1.97 bits per heavy atom. The molecule has 0 radical (unpaired) electrons. The van der Waals surface area contributed by atoms with Crippen molar-refractivity contribution < 1.29 is 13.9 Å². The smallest absolute Gasteiger partial charge is 0.337 e. The molecule has 5 rings (SSSR count). The summed E-state index contributed by atoms with van der Waals surface area (Å²) in [5, 5.41) is 16.8. The van der Waals surface area contributed by atoms with Gasteiger partial charge in [0.1, 0.15) is 5.75 Å². The number of tetrazole rings is 1. The van der Waals surface area contributed by atoms with Crippen LogP contribution in [-0.2, 0) is 5.54 Å². The number of amides is 2. The molecule has 0 saturated heterocycles. The van der Waals surface area contributed by atoms with Gasteiger partial charge in [0.05, 0.1) is 16.8 Å². The molecule has 1 spiro atoms. The van der Waals surface area contributed by atoms with Crippen LogP contribution in [0.15, 0.2) is 36.4 Å². The minimum atomic E-state index is -0.591. The first-order valence-corrected chi connectivity index (χ1v) is 9.55. The largest absolute Gasteiger partial charge is 0.453 e. The average molecular weight is 415 g/mol. The SMILES string of the molecule is O=C1NC2(CCCC2)c2c(Oc3c(F)cccc3-c3nn[nH]n3)cccc2N1Cl. The van der Waals surface area contributed by atoms with E-state index in [0.29, 0.717) is 17.0 Å². The van der Waals surface area contributed by atoms with Crippen LogP contribution in [0.5, 0.6) is 11.5 Å². The number of carbonyl (C=O) groups is 1. The summed E-state index contributed by atoms with van der Waals surface area (Å²) in [5.74, 6) is 0.0541. The van der Waals surface area contributed by atoms with E-state index in [-0.39, 0.29) is 17.6 Å². The van der Waals surface area contributed by atoms with Gasteiger partial charge in [0, 0.05) is 17.3 Å². The van der Waals surface area contributed by atoms with Gasteiger partial charge < -0.3 is 10.1 Å². The van der Waals surface area contributed by atoms with Crippen molar-refractivity contribution in [3.8, 4) is 22.9 Å². The number of carbonyl (C=O) groups excluding carboxylic acids is 1. The second kappa shape index (κ2) is 6.70. The first kappa shape index (κ1) is 17.9. The van der Waals surface area contributed by atoms with E-state index >= 15 is 0 Å². The molecule has 2 heterocycles. The number of benzene rings is 2. The normalized spacial score (nSPS) is 17.3. The molecule has 10 heteroatoms. The zero-order valence-electron chi connectivity index (χ0n) is 15.2. The van der Waals surface area contributed by atoms with Crippen molar-refractivity contribution in [2.75, 3.05) is 4.42 Å². The van der Waals surface area contributed by atoms with E-state index < -0.39 is 11.4 Å². The van der Waals surface area contributed by atoms with Crippen molar-refractivity contribution >= 4 is 23.5 Å². The van der Waals surface area contributed by atoms with Crippen molar-refractivity contribution in [1.82, 2.24) is 25.9 Å². The maximum Gasteiger partial charge on any atom is 0.337 e. The van der Waals surface area contributed by atoms with Gasteiger partial charge >= 0.3 is 6.03 Å². The summed E-state index contributed by atoms with van der Waals surface area (Å²) in [7, 11) is 0. The van der Waals surface area contributed by atoms with Gasteiger partial charge in [-0.1, -0.05) is 25.0 Å². The second-order valence-electron chi connectivity index (χ2n) is 7.10. The third-order valence-corrected chi connectivity index (χ3v) is 5.78. The second-order valence-corrected chi connectivity index (χ2v) is 7.44. The quantitative estimate of drug-likeness (QED) is 0.624. The van der Waals surface area contributed by atoms with Gasteiger partial charge in [-0.05, 0) is 42.3 Å². The number of ether oxygens (including phenoxy) is 1. The Morgan fingerprint density at radius 3 is 2.72 bits per heavy atom. The standard InChI is InChI=1S/C19H16ClFN6O2/c20-27-13-7-4-8-14(15(13)19(22-18(27)28)9-1-2-10-19)29-16-11(5-3-6-12(16)21)17-23-25-26-24-17/h3-8H,1-2,9-10H2,(H,22,28)(H,23,24,25,26). The molecule has 0 bridgehead atoms. The number of aromatic amines is 1. The van der Waals surface area contributed by atoms with Crippen molar-refractivity contribution in [3.63, 3.8) is 0 Å². The number of hydrogen-bond donors (Lipinski definition) is 2. The van der Waals surface area contributed by atoms with Crippen molar-refractivity contribution in [3.05, 3.63) is 47.8 Å². The highest BCUT2D eigenvalue weighted by Crippen LogP contribution is 2.51. The van der Waals surface area contributed by atoms with E-state index in [1.807, 2.05) is 0 Å². The lowest BCUT2D eigenvalue weighted by molar-refractivity contribution is 0.229. The van der Waals surface area contributed by atoms with Crippen LogP contribution in [0.2, 0.25) is 0 Å². The summed E-state index contributed by atoms with van der Waals surface area (Å²) in [5.41, 5.74) is 1.05. The van der Waals surface area contributed by atoms with E-state index in [4.69, 9.17) is 16.5 Å². The lowest BCUT2D eigenvalue weighted by atomic mass is 9.84. The summed E-state index contributed by atoms with van der Waals surface area (Å²) in [6, 6.07) is 9.35. The summed E-state index contributed by atoms with van der Waals surface area (Å²) in [6.45, 7) is 0. The number of aromatic nitrogens is 4.